The first-order valence-corrected chi connectivity index (χ1v) is 9.99. The molecule has 0 saturated heterocycles. The highest BCUT2D eigenvalue weighted by Gasteiger charge is 2.48. The lowest BCUT2D eigenvalue weighted by Crippen LogP contribution is -2.56. The first-order chi connectivity index (χ1) is 13.6. The second-order valence-corrected chi connectivity index (χ2v) is 7.58. The van der Waals surface area contributed by atoms with Crippen LogP contribution in [0.2, 0.25) is 0 Å². The molecular weight excluding hydrogens is 382 g/mol. The molecule has 3 aliphatic rings. The Bertz CT molecular complexity index is 911. The van der Waals surface area contributed by atoms with Crippen LogP contribution in [0.3, 0.4) is 0 Å². The van der Waals surface area contributed by atoms with E-state index in [0.29, 0.717) is 36.7 Å². The highest BCUT2D eigenvalue weighted by Crippen LogP contribution is 2.32. The summed E-state index contributed by atoms with van der Waals surface area (Å²) in [6.45, 7) is 2.62. The number of rotatable bonds is 6. The lowest BCUT2D eigenvalue weighted by molar-refractivity contribution is -0.426. The Morgan fingerprint density at radius 2 is 2.14 bits per heavy atom. The van der Waals surface area contributed by atoms with Crippen LogP contribution >= 0.6 is 11.8 Å². The summed E-state index contributed by atoms with van der Waals surface area (Å²) in [6, 6.07) is 5.02. The second-order valence-electron chi connectivity index (χ2n) is 6.57. The minimum Gasteiger partial charge on any atom is -0.454 e. The Labute approximate surface area is 166 Å². The van der Waals surface area contributed by atoms with Crippen LogP contribution in [0, 0.1) is 0 Å². The summed E-state index contributed by atoms with van der Waals surface area (Å²) in [6.07, 6.45) is 2.40. The number of hydrogen-bond acceptors (Lipinski definition) is 6. The maximum Gasteiger partial charge on any atom is 0.501 e. The molecule has 8 nitrogen and oxygen atoms in total. The molecule has 1 N–H and O–H groups in total. The van der Waals surface area contributed by atoms with E-state index in [0.717, 1.165) is 5.56 Å². The Morgan fingerprint density at radius 3 is 2.96 bits per heavy atom. The minimum atomic E-state index is -0.453. The standard InChI is InChI=1S/C19H19N3O5S/c1-2-6-21-18(24)17-13(5-7-28-17)22(19(21)25)10-16(23)20-9-12-3-4-14-15(8-12)27-11-26-14/h3-5,7-8,17H,2,6,9-11H2,1H3/p+1. The molecule has 1 aromatic rings. The van der Waals surface area contributed by atoms with Crippen molar-refractivity contribution >= 4 is 35.3 Å². The fraction of sp³-hybridized carbons (Fsp3) is 0.368. The second kappa shape index (κ2) is 7.67. The molecule has 0 fully saturated rings. The number of fused-ring (bicyclic) bond motifs is 2. The zero-order valence-electron chi connectivity index (χ0n) is 15.3. The summed E-state index contributed by atoms with van der Waals surface area (Å²) in [5.41, 5.74) is 1.44. The molecule has 3 heterocycles. The lowest BCUT2D eigenvalue weighted by atomic mass is 10.1. The summed E-state index contributed by atoms with van der Waals surface area (Å²) in [5.74, 6) is 0.822. The number of thioether (sulfide) groups is 1. The van der Waals surface area contributed by atoms with E-state index in [4.69, 9.17) is 9.47 Å². The molecule has 0 radical (unpaired) electrons. The number of hydrogen-bond donors (Lipinski definition) is 1. The monoisotopic (exact) mass is 402 g/mol. The summed E-state index contributed by atoms with van der Waals surface area (Å²) >= 11 is 1.36. The Hall–Kier alpha value is -2.81. The van der Waals surface area contributed by atoms with Crippen LogP contribution in [0.25, 0.3) is 0 Å². The van der Waals surface area contributed by atoms with Crippen molar-refractivity contribution in [2.24, 2.45) is 0 Å². The average molecular weight is 402 g/mol. The Kier molecular flexibility index (Phi) is 5.08. The van der Waals surface area contributed by atoms with Gasteiger partial charge in [0.15, 0.2) is 23.3 Å². The third-order valence-electron chi connectivity index (χ3n) is 4.66. The predicted molar refractivity (Wildman–Crippen MR) is 102 cm³/mol. The molecule has 9 heteroatoms. The predicted octanol–water partition coefficient (Wildman–Crippen LogP) is 1.49. The minimum absolute atomic E-state index is 0.131. The Morgan fingerprint density at radius 1 is 1.32 bits per heavy atom. The van der Waals surface area contributed by atoms with Gasteiger partial charge in [-0.25, -0.2) is 4.79 Å². The molecule has 1 aromatic carbocycles. The van der Waals surface area contributed by atoms with Crippen LogP contribution in [-0.4, -0.2) is 58.2 Å². The van der Waals surface area contributed by atoms with Gasteiger partial charge in [-0.05, 0) is 35.6 Å². The average Bonchev–Trinajstić information content (AvgIpc) is 3.35. The largest absolute Gasteiger partial charge is 0.501 e. The first-order valence-electron chi connectivity index (χ1n) is 9.05. The van der Waals surface area contributed by atoms with E-state index < -0.39 is 11.3 Å². The molecule has 1 unspecified atom stereocenters. The maximum atomic E-state index is 12.8. The molecule has 0 bridgehead atoms. The van der Waals surface area contributed by atoms with Gasteiger partial charge < -0.3 is 14.8 Å². The fourth-order valence-corrected chi connectivity index (χ4v) is 4.26. The van der Waals surface area contributed by atoms with Crippen LogP contribution in [-0.2, 0) is 16.1 Å². The normalized spacial score (nSPS) is 20.0. The van der Waals surface area contributed by atoms with Crippen molar-refractivity contribution in [3.05, 3.63) is 35.2 Å². The van der Waals surface area contributed by atoms with Crippen LogP contribution in [0.15, 0.2) is 29.7 Å². The molecule has 146 valence electrons. The fourth-order valence-electron chi connectivity index (χ4n) is 3.29. The molecule has 0 aliphatic carbocycles. The summed E-state index contributed by atoms with van der Waals surface area (Å²) in [5, 5.41) is 4.16. The van der Waals surface area contributed by atoms with Crippen LogP contribution in [0.1, 0.15) is 18.9 Å². The third kappa shape index (κ3) is 3.37. The van der Waals surface area contributed by atoms with Gasteiger partial charge in [-0.15, -0.1) is 11.8 Å². The van der Waals surface area contributed by atoms with Crippen molar-refractivity contribution < 1.29 is 28.4 Å². The number of allylic oxidation sites excluding steroid dienone is 1. The van der Waals surface area contributed by atoms with Crippen molar-refractivity contribution in [1.82, 2.24) is 10.2 Å². The summed E-state index contributed by atoms with van der Waals surface area (Å²) in [7, 11) is 0. The number of nitrogens with zero attached hydrogens (tertiary/aromatic N) is 2. The van der Waals surface area contributed by atoms with Gasteiger partial charge in [0.05, 0.1) is 6.54 Å². The van der Waals surface area contributed by atoms with Crippen molar-refractivity contribution in [2.75, 3.05) is 19.9 Å². The number of carbonyl (C=O) groups is 3. The van der Waals surface area contributed by atoms with E-state index in [1.54, 1.807) is 17.6 Å². The van der Waals surface area contributed by atoms with Gasteiger partial charge in [0.25, 0.3) is 5.91 Å². The van der Waals surface area contributed by atoms with E-state index in [1.165, 1.54) is 21.2 Å². The van der Waals surface area contributed by atoms with E-state index in [2.05, 4.69) is 5.32 Å². The zero-order valence-corrected chi connectivity index (χ0v) is 16.2. The van der Waals surface area contributed by atoms with Crippen LogP contribution in [0.4, 0.5) is 4.79 Å². The summed E-state index contributed by atoms with van der Waals surface area (Å²) in [4.78, 5) is 39.0. The maximum absolute atomic E-state index is 12.8. The molecule has 0 aromatic heterocycles. The van der Waals surface area contributed by atoms with E-state index in [-0.39, 0.29) is 25.2 Å². The molecule has 1 atom stereocenters. The number of nitrogens with one attached hydrogen (secondary N) is 1. The van der Waals surface area contributed by atoms with Crippen molar-refractivity contribution in [3.8, 4) is 11.5 Å². The highest BCUT2D eigenvalue weighted by molar-refractivity contribution is 8.04. The summed E-state index contributed by atoms with van der Waals surface area (Å²) < 4.78 is 12.0. The third-order valence-corrected chi connectivity index (χ3v) is 5.67. The number of urea groups is 1. The molecule has 4 amide bonds. The SMILES string of the molecule is CCCN1C(=O)C2SC=CC2=[N+](CC(=O)NCc2ccc3c(c2)OCO3)C1=O. The number of amides is 4. The van der Waals surface area contributed by atoms with Gasteiger partial charge in [0, 0.05) is 6.54 Å². The number of ether oxygens (including phenoxy) is 2. The van der Waals surface area contributed by atoms with E-state index in [9.17, 15) is 14.4 Å². The van der Waals surface area contributed by atoms with Crippen molar-refractivity contribution in [3.63, 3.8) is 0 Å². The van der Waals surface area contributed by atoms with Crippen LogP contribution in [0.5, 0.6) is 11.5 Å². The van der Waals surface area contributed by atoms with Gasteiger partial charge in [-0.1, -0.05) is 13.0 Å². The van der Waals surface area contributed by atoms with Gasteiger partial charge in [0.1, 0.15) is 5.71 Å². The smallest absolute Gasteiger partial charge is 0.454 e. The highest BCUT2D eigenvalue weighted by atomic mass is 32.2. The zero-order chi connectivity index (χ0) is 19.7. The lowest BCUT2D eigenvalue weighted by Gasteiger charge is -2.23. The quantitative estimate of drug-likeness (QED) is 0.726. The van der Waals surface area contributed by atoms with Gasteiger partial charge in [-0.3, -0.25) is 4.79 Å². The van der Waals surface area contributed by atoms with E-state index in [1.807, 2.05) is 19.1 Å². The topological polar surface area (TPSA) is 88.0 Å². The Balaban J connectivity index is 1.45. The molecule has 0 saturated carbocycles. The van der Waals surface area contributed by atoms with Crippen LogP contribution < -0.4 is 14.8 Å². The first kappa shape index (κ1) is 18.5. The molecule has 3 aliphatic heterocycles. The van der Waals surface area contributed by atoms with E-state index >= 15 is 0 Å². The van der Waals surface area contributed by atoms with Crippen molar-refractivity contribution in [1.29, 1.82) is 0 Å². The molecule has 0 spiro atoms. The van der Waals surface area contributed by atoms with Gasteiger partial charge in [-0.2, -0.15) is 14.3 Å². The van der Waals surface area contributed by atoms with Crippen molar-refractivity contribution in [2.45, 2.75) is 25.1 Å². The van der Waals surface area contributed by atoms with Gasteiger partial charge in [0.2, 0.25) is 6.79 Å². The molecule has 28 heavy (non-hydrogen) atoms. The number of benzene rings is 1. The number of carbonyl (C=O) groups excluding carboxylic acids is 3. The number of imide groups is 1. The van der Waals surface area contributed by atoms with Gasteiger partial charge >= 0.3 is 11.9 Å². The molecule has 4 rings (SSSR count). The molecular formula is C19H20N3O5S+.